The number of alkyl halides is 3. The lowest BCUT2D eigenvalue weighted by Crippen LogP contribution is -2.38. The first-order valence-corrected chi connectivity index (χ1v) is 7.90. The summed E-state index contributed by atoms with van der Waals surface area (Å²) in [5.41, 5.74) is 1.01. The van der Waals surface area contributed by atoms with Gasteiger partial charge in [-0.3, -0.25) is 4.90 Å². The quantitative estimate of drug-likeness (QED) is 0.771. The Morgan fingerprint density at radius 3 is 2.52 bits per heavy atom. The Hall–Kier alpha value is -0.750. The molecule has 0 spiro atoms. The molecule has 0 radical (unpaired) electrons. The number of rotatable bonds is 4. The smallest absolute Gasteiger partial charge is 0.391 e. The van der Waals surface area contributed by atoms with Crippen molar-refractivity contribution in [3.05, 3.63) is 28.2 Å². The average molecular weight is 366 g/mol. The van der Waals surface area contributed by atoms with E-state index in [-0.39, 0.29) is 12.8 Å². The number of benzene rings is 1. The summed E-state index contributed by atoms with van der Waals surface area (Å²) in [5.74, 6) is -0.361. The van der Waals surface area contributed by atoms with Crippen LogP contribution >= 0.6 is 15.9 Å². The van der Waals surface area contributed by atoms with Crippen LogP contribution in [-0.2, 0) is 6.54 Å². The fourth-order valence-electron chi connectivity index (χ4n) is 2.64. The predicted molar refractivity (Wildman–Crippen MR) is 79.4 cm³/mol. The second kappa shape index (κ2) is 7.01. The fourth-order valence-corrected chi connectivity index (χ4v) is 3.17. The molecule has 1 aromatic carbocycles. The van der Waals surface area contributed by atoms with E-state index in [4.69, 9.17) is 4.74 Å². The molecule has 1 heterocycles. The standard InChI is InChI=1S/C15H19BrF3NO/c1-2-21-14-11(4-3-5-13(14)16)10-20-8-6-12(7-9-20)15(17,18)19/h3-5,12H,2,6-10H2,1H3. The number of hydrogen-bond donors (Lipinski definition) is 0. The second-order valence-electron chi connectivity index (χ2n) is 5.25. The van der Waals surface area contributed by atoms with E-state index in [1.807, 2.05) is 25.1 Å². The highest BCUT2D eigenvalue weighted by molar-refractivity contribution is 9.10. The van der Waals surface area contributed by atoms with Crippen LogP contribution < -0.4 is 4.74 Å². The Labute approximate surface area is 131 Å². The van der Waals surface area contributed by atoms with Crippen LogP contribution in [0.15, 0.2) is 22.7 Å². The molecule has 0 saturated carbocycles. The molecule has 0 aliphatic carbocycles. The SMILES string of the molecule is CCOc1c(Br)cccc1CN1CCC(C(F)(F)F)CC1. The summed E-state index contributed by atoms with van der Waals surface area (Å²) in [6.45, 7) is 4.05. The lowest BCUT2D eigenvalue weighted by molar-refractivity contribution is -0.185. The molecule has 0 aromatic heterocycles. The molecule has 0 N–H and O–H groups in total. The minimum absolute atomic E-state index is 0.182. The summed E-state index contributed by atoms with van der Waals surface area (Å²) < 4.78 is 44.5. The van der Waals surface area contributed by atoms with Gasteiger partial charge in [0.2, 0.25) is 0 Å². The first-order chi connectivity index (χ1) is 9.91. The highest BCUT2D eigenvalue weighted by Gasteiger charge is 2.41. The van der Waals surface area contributed by atoms with Gasteiger partial charge >= 0.3 is 6.18 Å². The highest BCUT2D eigenvalue weighted by Crippen LogP contribution is 2.35. The molecular weight excluding hydrogens is 347 g/mol. The van der Waals surface area contributed by atoms with Crippen molar-refractivity contribution < 1.29 is 17.9 Å². The van der Waals surface area contributed by atoms with Crippen LogP contribution in [0.25, 0.3) is 0 Å². The molecule has 0 unspecified atom stereocenters. The molecule has 0 atom stereocenters. The number of piperidine rings is 1. The van der Waals surface area contributed by atoms with Crippen LogP contribution in [0.1, 0.15) is 25.3 Å². The Balaban J connectivity index is 1.99. The van der Waals surface area contributed by atoms with Crippen LogP contribution in [-0.4, -0.2) is 30.8 Å². The highest BCUT2D eigenvalue weighted by atomic mass is 79.9. The van der Waals surface area contributed by atoms with Gasteiger partial charge in [-0.05, 0) is 54.9 Å². The summed E-state index contributed by atoms with van der Waals surface area (Å²) >= 11 is 3.46. The van der Waals surface area contributed by atoms with Crippen LogP contribution in [0.3, 0.4) is 0 Å². The largest absolute Gasteiger partial charge is 0.492 e. The lowest BCUT2D eigenvalue weighted by Gasteiger charge is -2.33. The molecule has 21 heavy (non-hydrogen) atoms. The maximum absolute atomic E-state index is 12.7. The predicted octanol–water partition coefficient (Wildman–Crippen LogP) is 4.62. The zero-order chi connectivity index (χ0) is 15.5. The van der Waals surface area contributed by atoms with Gasteiger partial charge < -0.3 is 4.74 Å². The number of likely N-dealkylation sites (tertiary alicyclic amines) is 1. The van der Waals surface area contributed by atoms with Gasteiger partial charge in [-0.25, -0.2) is 0 Å². The Morgan fingerprint density at radius 1 is 1.29 bits per heavy atom. The minimum Gasteiger partial charge on any atom is -0.492 e. The van der Waals surface area contributed by atoms with E-state index in [9.17, 15) is 13.2 Å². The van der Waals surface area contributed by atoms with Gasteiger partial charge in [0.25, 0.3) is 0 Å². The third-order valence-electron chi connectivity index (χ3n) is 3.78. The summed E-state index contributed by atoms with van der Waals surface area (Å²) in [6, 6.07) is 5.79. The molecule has 0 bridgehead atoms. The van der Waals surface area contributed by atoms with E-state index in [1.165, 1.54) is 0 Å². The van der Waals surface area contributed by atoms with Crippen molar-refractivity contribution in [2.75, 3.05) is 19.7 Å². The van der Waals surface area contributed by atoms with Gasteiger partial charge in [0.15, 0.2) is 0 Å². The van der Waals surface area contributed by atoms with Crippen molar-refractivity contribution in [3.8, 4) is 5.75 Å². The zero-order valence-corrected chi connectivity index (χ0v) is 13.5. The lowest BCUT2D eigenvalue weighted by atomic mass is 9.96. The van der Waals surface area contributed by atoms with Crippen molar-refractivity contribution in [3.63, 3.8) is 0 Å². The number of halogens is 4. The van der Waals surface area contributed by atoms with Gasteiger partial charge in [-0.15, -0.1) is 0 Å². The van der Waals surface area contributed by atoms with E-state index in [2.05, 4.69) is 20.8 Å². The summed E-state index contributed by atoms with van der Waals surface area (Å²) in [7, 11) is 0. The van der Waals surface area contributed by atoms with Gasteiger partial charge in [0, 0.05) is 12.1 Å². The minimum atomic E-state index is -4.06. The molecule has 2 nitrogen and oxygen atoms in total. The maximum atomic E-state index is 12.7. The molecular formula is C15H19BrF3NO. The Bertz CT molecular complexity index is 470. The molecule has 1 aliphatic rings. The third-order valence-corrected chi connectivity index (χ3v) is 4.41. The number of hydrogen-bond acceptors (Lipinski definition) is 2. The average Bonchev–Trinajstić information content (AvgIpc) is 2.42. The monoisotopic (exact) mass is 365 g/mol. The number of nitrogens with zero attached hydrogens (tertiary/aromatic N) is 1. The topological polar surface area (TPSA) is 12.5 Å². The van der Waals surface area contributed by atoms with Crippen molar-refractivity contribution in [1.82, 2.24) is 4.90 Å². The number of para-hydroxylation sites is 1. The summed E-state index contributed by atoms with van der Waals surface area (Å²) in [5, 5.41) is 0. The van der Waals surface area contributed by atoms with Crippen LogP contribution in [0, 0.1) is 5.92 Å². The zero-order valence-electron chi connectivity index (χ0n) is 11.9. The molecule has 0 amide bonds. The number of ether oxygens (including phenoxy) is 1. The van der Waals surface area contributed by atoms with Crippen LogP contribution in [0.4, 0.5) is 13.2 Å². The maximum Gasteiger partial charge on any atom is 0.391 e. The van der Waals surface area contributed by atoms with Crippen molar-refractivity contribution >= 4 is 15.9 Å². The molecule has 2 rings (SSSR count). The molecule has 6 heteroatoms. The molecule has 118 valence electrons. The fraction of sp³-hybridized carbons (Fsp3) is 0.600. The van der Waals surface area contributed by atoms with Gasteiger partial charge in [0.05, 0.1) is 17.0 Å². The molecule has 1 saturated heterocycles. The normalized spacial score (nSPS) is 18.0. The van der Waals surface area contributed by atoms with Gasteiger partial charge in [-0.1, -0.05) is 12.1 Å². The molecule has 1 aromatic rings. The van der Waals surface area contributed by atoms with Crippen LogP contribution in [0.2, 0.25) is 0 Å². The van der Waals surface area contributed by atoms with E-state index < -0.39 is 12.1 Å². The van der Waals surface area contributed by atoms with E-state index >= 15 is 0 Å². The van der Waals surface area contributed by atoms with Crippen molar-refractivity contribution in [2.45, 2.75) is 32.5 Å². The van der Waals surface area contributed by atoms with E-state index in [1.54, 1.807) is 0 Å². The third kappa shape index (κ3) is 4.36. The van der Waals surface area contributed by atoms with E-state index in [0.717, 1.165) is 15.8 Å². The molecule has 1 aliphatic heterocycles. The van der Waals surface area contributed by atoms with Gasteiger partial charge in [0.1, 0.15) is 5.75 Å². The summed E-state index contributed by atoms with van der Waals surface area (Å²) in [6.07, 6.45) is -3.69. The van der Waals surface area contributed by atoms with Crippen LogP contribution in [0.5, 0.6) is 5.75 Å². The second-order valence-corrected chi connectivity index (χ2v) is 6.11. The first kappa shape index (κ1) is 16.6. The molecule has 1 fully saturated rings. The van der Waals surface area contributed by atoms with Crippen molar-refractivity contribution in [1.29, 1.82) is 0 Å². The van der Waals surface area contributed by atoms with Crippen molar-refractivity contribution in [2.24, 2.45) is 5.92 Å². The Kier molecular flexibility index (Phi) is 5.54. The van der Waals surface area contributed by atoms with E-state index in [0.29, 0.717) is 26.2 Å². The first-order valence-electron chi connectivity index (χ1n) is 7.11. The Morgan fingerprint density at radius 2 is 1.95 bits per heavy atom. The van der Waals surface area contributed by atoms with Gasteiger partial charge in [-0.2, -0.15) is 13.2 Å². The summed E-state index contributed by atoms with van der Waals surface area (Å²) in [4.78, 5) is 2.06.